The molecule has 0 aliphatic heterocycles. The van der Waals surface area contributed by atoms with Gasteiger partial charge < -0.3 is 20.1 Å². The number of aliphatic imine (C=N–C) groups is 1. The van der Waals surface area contributed by atoms with E-state index in [1.165, 1.54) is 0 Å². The van der Waals surface area contributed by atoms with Crippen molar-refractivity contribution >= 4 is 21.7 Å². The van der Waals surface area contributed by atoms with Gasteiger partial charge in [0.15, 0.2) is 17.5 Å². The second-order valence-corrected chi connectivity index (χ2v) is 9.23. The number of sulfonamides is 1. The number of ether oxygens (including phenoxy) is 2. The Morgan fingerprint density at radius 2 is 1.70 bits per heavy atom. The summed E-state index contributed by atoms with van der Waals surface area (Å²) in [5.41, 5.74) is 0.797. The van der Waals surface area contributed by atoms with E-state index in [-0.39, 0.29) is 11.4 Å². The zero-order valence-electron chi connectivity index (χ0n) is 18.2. The molecule has 0 spiro atoms. The van der Waals surface area contributed by atoms with Gasteiger partial charge in [-0.15, -0.1) is 0 Å². The summed E-state index contributed by atoms with van der Waals surface area (Å²) in [4.78, 5) is 4.44. The minimum Gasteiger partial charge on any atom is -0.493 e. The molecule has 0 atom stereocenters. The van der Waals surface area contributed by atoms with E-state index >= 15 is 0 Å². The highest BCUT2D eigenvalue weighted by atomic mass is 32.2. The number of anilines is 1. The molecular weight excluding hydrogens is 404 g/mol. The normalized spacial score (nSPS) is 12.4. The van der Waals surface area contributed by atoms with Gasteiger partial charge in [-0.05, 0) is 44.5 Å². The summed E-state index contributed by atoms with van der Waals surface area (Å²) in [6.07, 6.45) is 0. The van der Waals surface area contributed by atoms with Gasteiger partial charge in [0, 0.05) is 30.9 Å². The number of benzene rings is 2. The van der Waals surface area contributed by atoms with E-state index in [0.717, 1.165) is 5.69 Å². The summed E-state index contributed by atoms with van der Waals surface area (Å²) < 4.78 is 38.8. The van der Waals surface area contributed by atoms with E-state index in [9.17, 15) is 8.42 Å². The molecule has 2 rings (SSSR count). The smallest absolute Gasteiger partial charge is 0.241 e. The molecule has 0 aliphatic carbocycles. The van der Waals surface area contributed by atoms with Crippen LogP contribution in [0.25, 0.3) is 0 Å². The van der Waals surface area contributed by atoms with Crippen LogP contribution < -0.4 is 24.8 Å². The summed E-state index contributed by atoms with van der Waals surface area (Å²) >= 11 is 0. The molecule has 0 aromatic heterocycles. The molecule has 30 heavy (non-hydrogen) atoms. The molecule has 8 nitrogen and oxygen atoms in total. The van der Waals surface area contributed by atoms with Crippen molar-refractivity contribution in [1.29, 1.82) is 0 Å². The molecule has 2 aromatic rings. The van der Waals surface area contributed by atoms with E-state index < -0.39 is 15.6 Å². The third-order valence-corrected chi connectivity index (χ3v) is 5.88. The standard InChI is InChI=1S/C21H30N4O4S/c1-21(2,3)25-30(26,27)19-10-8-7-9-15(19)14-23-20(22-4)24-16-11-12-17(28-5)18(13-16)29-6/h7-13,25H,14H2,1-6H3,(H2,22,23,24). The first-order chi connectivity index (χ1) is 14.1. The Bertz CT molecular complexity index is 998. The number of nitrogens with zero attached hydrogens (tertiary/aromatic N) is 1. The third-order valence-electron chi connectivity index (χ3n) is 4.02. The van der Waals surface area contributed by atoms with Crippen molar-refractivity contribution in [2.45, 2.75) is 37.8 Å². The van der Waals surface area contributed by atoms with Crippen molar-refractivity contribution < 1.29 is 17.9 Å². The maximum atomic E-state index is 12.8. The molecule has 0 saturated heterocycles. The van der Waals surface area contributed by atoms with Gasteiger partial charge >= 0.3 is 0 Å². The van der Waals surface area contributed by atoms with E-state index in [2.05, 4.69) is 20.3 Å². The molecule has 3 N–H and O–H groups in total. The van der Waals surface area contributed by atoms with Gasteiger partial charge in [0.25, 0.3) is 0 Å². The number of hydrogen-bond acceptors (Lipinski definition) is 5. The summed E-state index contributed by atoms with van der Waals surface area (Å²) in [7, 11) is 1.12. The minimum absolute atomic E-state index is 0.231. The Kier molecular flexibility index (Phi) is 7.69. The largest absolute Gasteiger partial charge is 0.493 e. The molecule has 0 saturated carbocycles. The average Bonchev–Trinajstić information content (AvgIpc) is 2.69. The van der Waals surface area contributed by atoms with Gasteiger partial charge in [0.1, 0.15) is 0 Å². The van der Waals surface area contributed by atoms with Crippen LogP contribution in [0, 0.1) is 0 Å². The molecule has 0 bridgehead atoms. The van der Waals surface area contributed by atoms with Crippen molar-refractivity contribution in [3.05, 3.63) is 48.0 Å². The highest BCUT2D eigenvalue weighted by Crippen LogP contribution is 2.29. The molecule has 164 valence electrons. The molecule has 9 heteroatoms. The molecule has 0 unspecified atom stereocenters. The van der Waals surface area contributed by atoms with Crippen LogP contribution >= 0.6 is 0 Å². The van der Waals surface area contributed by atoms with Gasteiger partial charge in [-0.25, -0.2) is 13.1 Å². The van der Waals surface area contributed by atoms with Crippen LogP contribution in [-0.4, -0.2) is 41.2 Å². The lowest BCUT2D eigenvalue weighted by Gasteiger charge is -2.22. The molecule has 0 fully saturated rings. The molecular formula is C21H30N4O4S. The van der Waals surface area contributed by atoms with Crippen LogP contribution in [0.5, 0.6) is 11.5 Å². The molecule has 0 radical (unpaired) electrons. The predicted octanol–water partition coefficient (Wildman–Crippen LogP) is 2.97. The molecule has 0 aliphatic rings. The highest BCUT2D eigenvalue weighted by Gasteiger charge is 2.24. The third kappa shape index (κ3) is 6.36. The Labute approximate surface area is 178 Å². The number of guanidine groups is 1. The molecule has 0 heterocycles. The fourth-order valence-electron chi connectivity index (χ4n) is 2.78. The van der Waals surface area contributed by atoms with Crippen molar-refractivity contribution in [3.8, 4) is 11.5 Å². The average molecular weight is 435 g/mol. The maximum absolute atomic E-state index is 12.8. The van der Waals surface area contributed by atoms with Crippen LogP contribution in [0.15, 0.2) is 52.4 Å². The Hall–Kier alpha value is -2.78. The Morgan fingerprint density at radius 1 is 1.03 bits per heavy atom. The first-order valence-corrected chi connectivity index (χ1v) is 10.9. The lowest BCUT2D eigenvalue weighted by atomic mass is 10.1. The SMILES string of the molecule is CN=C(NCc1ccccc1S(=O)(=O)NC(C)(C)C)Nc1ccc(OC)c(OC)c1. The van der Waals surface area contributed by atoms with Gasteiger partial charge in [-0.2, -0.15) is 0 Å². The van der Waals surface area contributed by atoms with Crippen LogP contribution in [0.4, 0.5) is 5.69 Å². The molecule has 2 aromatic carbocycles. The second kappa shape index (κ2) is 9.82. The second-order valence-electron chi connectivity index (χ2n) is 7.58. The lowest BCUT2D eigenvalue weighted by Crippen LogP contribution is -2.41. The first kappa shape index (κ1) is 23.5. The van der Waals surface area contributed by atoms with E-state index in [0.29, 0.717) is 23.0 Å². The van der Waals surface area contributed by atoms with Gasteiger partial charge in [-0.3, -0.25) is 4.99 Å². The van der Waals surface area contributed by atoms with Crippen LogP contribution in [0.3, 0.4) is 0 Å². The van der Waals surface area contributed by atoms with Crippen LogP contribution in [0.1, 0.15) is 26.3 Å². The van der Waals surface area contributed by atoms with E-state index in [1.54, 1.807) is 78.4 Å². The van der Waals surface area contributed by atoms with Gasteiger partial charge in [0.05, 0.1) is 19.1 Å². The monoisotopic (exact) mass is 434 g/mol. The van der Waals surface area contributed by atoms with Crippen LogP contribution in [0.2, 0.25) is 0 Å². The predicted molar refractivity (Wildman–Crippen MR) is 120 cm³/mol. The minimum atomic E-state index is -3.66. The Morgan fingerprint density at radius 3 is 2.30 bits per heavy atom. The van der Waals surface area contributed by atoms with Gasteiger partial charge in [0.2, 0.25) is 10.0 Å². The Balaban J connectivity index is 2.17. The number of hydrogen-bond donors (Lipinski definition) is 3. The quantitative estimate of drug-likeness (QED) is 0.458. The summed E-state index contributed by atoms with van der Waals surface area (Å²) in [6.45, 7) is 5.69. The zero-order valence-corrected chi connectivity index (χ0v) is 19.1. The highest BCUT2D eigenvalue weighted by molar-refractivity contribution is 7.89. The zero-order chi connectivity index (χ0) is 22.4. The first-order valence-electron chi connectivity index (χ1n) is 9.41. The van der Waals surface area contributed by atoms with E-state index in [1.807, 2.05) is 6.07 Å². The summed E-state index contributed by atoms with van der Waals surface area (Å²) in [5, 5.41) is 6.31. The summed E-state index contributed by atoms with van der Waals surface area (Å²) in [5.74, 6) is 1.69. The van der Waals surface area contributed by atoms with Crippen molar-refractivity contribution in [1.82, 2.24) is 10.0 Å². The van der Waals surface area contributed by atoms with Crippen molar-refractivity contribution in [3.63, 3.8) is 0 Å². The summed E-state index contributed by atoms with van der Waals surface area (Å²) in [6, 6.07) is 12.3. The topological polar surface area (TPSA) is 101 Å². The lowest BCUT2D eigenvalue weighted by molar-refractivity contribution is 0.355. The van der Waals surface area contributed by atoms with Crippen LogP contribution in [-0.2, 0) is 16.6 Å². The number of methoxy groups -OCH3 is 2. The fraction of sp³-hybridized carbons (Fsp3) is 0.381. The fourth-order valence-corrected chi connectivity index (χ4v) is 4.44. The molecule has 0 amide bonds. The number of rotatable bonds is 7. The maximum Gasteiger partial charge on any atom is 0.241 e. The van der Waals surface area contributed by atoms with Gasteiger partial charge in [-0.1, -0.05) is 18.2 Å². The van der Waals surface area contributed by atoms with Crippen molar-refractivity contribution in [2.75, 3.05) is 26.6 Å². The number of nitrogens with one attached hydrogen (secondary N) is 3. The van der Waals surface area contributed by atoms with Crippen molar-refractivity contribution in [2.24, 2.45) is 4.99 Å². The van der Waals surface area contributed by atoms with E-state index in [4.69, 9.17) is 9.47 Å².